The predicted molar refractivity (Wildman–Crippen MR) is 107 cm³/mol. The van der Waals surface area contributed by atoms with Crippen LogP contribution in [0.2, 0.25) is 0 Å². The van der Waals surface area contributed by atoms with Gasteiger partial charge in [0, 0.05) is 50.3 Å². The average Bonchev–Trinajstić information content (AvgIpc) is 3.12. The van der Waals surface area contributed by atoms with Crippen LogP contribution in [-0.4, -0.2) is 61.1 Å². The molecule has 1 aromatic heterocycles. The van der Waals surface area contributed by atoms with E-state index in [1.807, 2.05) is 29.9 Å². The molecule has 2 aliphatic rings. The average molecular weight is 385 g/mol. The number of nitrogens with zero attached hydrogens (tertiary/aromatic N) is 3. The summed E-state index contributed by atoms with van der Waals surface area (Å²) in [6, 6.07) is 7.44. The quantitative estimate of drug-likeness (QED) is 0.602. The fourth-order valence-corrected chi connectivity index (χ4v) is 3.62. The highest BCUT2D eigenvalue weighted by Gasteiger charge is 2.20. The molecule has 1 aromatic carbocycles. The second-order valence-corrected chi connectivity index (χ2v) is 7.16. The van der Waals surface area contributed by atoms with Gasteiger partial charge in [0.25, 0.3) is 0 Å². The van der Waals surface area contributed by atoms with E-state index in [1.165, 1.54) is 0 Å². The number of aryl methyl sites for hydroxylation is 1. The second kappa shape index (κ2) is 8.20. The van der Waals surface area contributed by atoms with E-state index in [9.17, 15) is 0 Å². The maximum Gasteiger partial charge on any atom is 0.127 e. The van der Waals surface area contributed by atoms with Crippen molar-refractivity contribution in [1.82, 2.24) is 9.78 Å². The van der Waals surface area contributed by atoms with Crippen LogP contribution in [0.5, 0.6) is 5.75 Å². The molecule has 28 heavy (non-hydrogen) atoms. The molecule has 150 valence electrons. The molecule has 0 atom stereocenters. The predicted octanol–water partition coefficient (Wildman–Crippen LogP) is 1.81. The Morgan fingerprint density at radius 2 is 1.86 bits per heavy atom. The fraction of sp³-hybridized carbons (Fsp3) is 0.500. The number of aromatic nitrogens is 2. The Kier molecular flexibility index (Phi) is 5.50. The number of nitrogen functional groups attached to an aromatic ring is 1. The number of anilines is 2. The number of nitrogens with two attached hydrogens (primary N) is 1. The summed E-state index contributed by atoms with van der Waals surface area (Å²) in [4.78, 5) is 2.22. The highest BCUT2D eigenvalue weighted by molar-refractivity contribution is 6.13. The van der Waals surface area contributed by atoms with Gasteiger partial charge in [-0.15, -0.1) is 0 Å². The van der Waals surface area contributed by atoms with E-state index in [4.69, 9.17) is 25.4 Å². The van der Waals surface area contributed by atoms with E-state index in [-0.39, 0.29) is 6.10 Å². The van der Waals surface area contributed by atoms with Gasteiger partial charge in [-0.25, -0.2) is 0 Å². The zero-order valence-electron chi connectivity index (χ0n) is 16.2. The van der Waals surface area contributed by atoms with Crippen LogP contribution in [0.15, 0.2) is 24.3 Å². The van der Waals surface area contributed by atoms with Crippen LogP contribution in [0.4, 0.5) is 11.5 Å². The Morgan fingerprint density at radius 1 is 1.14 bits per heavy atom. The summed E-state index contributed by atoms with van der Waals surface area (Å²) >= 11 is 0. The van der Waals surface area contributed by atoms with Gasteiger partial charge in [0.1, 0.15) is 23.4 Å². The molecular weight excluding hydrogens is 358 g/mol. The van der Waals surface area contributed by atoms with E-state index in [1.54, 1.807) is 6.07 Å². The topological polar surface area (TPSA) is 98.6 Å². The number of benzene rings is 1. The zero-order chi connectivity index (χ0) is 19.5. The Labute approximate surface area is 164 Å². The summed E-state index contributed by atoms with van der Waals surface area (Å²) in [5.74, 6) is 1.71. The lowest BCUT2D eigenvalue weighted by atomic mass is 10.0. The summed E-state index contributed by atoms with van der Waals surface area (Å²) in [5, 5.41) is 13.2. The first-order valence-electron chi connectivity index (χ1n) is 9.72. The number of nitrogens with one attached hydrogen (secondary N) is 1. The molecule has 3 N–H and O–H groups in total. The molecule has 0 bridgehead atoms. The van der Waals surface area contributed by atoms with E-state index in [0.717, 1.165) is 50.7 Å². The van der Waals surface area contributed by atoms with Crippen molar-refractivity contribution in [3.8, 4) is 5.75 Å². The van der Waals surface area contributed by atoms with E-state index in [2.05, 4.69) is 10.00 Å². The van der Waals surface area contributed by atoms with Gasteiger partial charge in [0.15, 0.2) is 0 Å². The first kappa shape index (κ1) is 18.8. The molecule has 2 saturated heterocycles. The molecule has 0 saturated carbocycles. The lowest BCUT2D eigenvalue weighted by molar-refractivity contribution is 0.0256. The van der Waals surface area contributed by atoms with Crippen LogP contribution in [0.25, 0.3) is 0 Å². The number of hydrogen-bond acceptors (Lipinski definition) is 7. The fourth-order valence-electron chi connectivity index (χ4n) is 3.62. The summed E-state index contributed by atoms with van der Waals surface area (Å²) < 4.78 is 18.7. The van der Waals surface area contributed by atoms with Crippen LogP contribution in [-0.2, 0) is 16.5 Å². The number of ether oxygens (including phenoxy) is 3. The van der Waals surface area contributed by atoms with Crippen molar-refractivity contribution in [3.63, 3.8) is 0 Å². The second-order valence-electron chi connectivity index (χ2n) is 7.16. The summed E-state index contributed by atoms with van der Waals surface area (Å²) in [7, 11) is 1.90. The minimum Gasteiger partial charge on any atom is -0.490 e. The molecular formula is C20H27N5O3. The first-order valence-corrected chi connectivity index (χ1v) is 9.72. The molecule has 0 spiro atoms. The van der Waals surface area contributed by atoms with Crippen LogP contribution >= 0.6 is 0 Å². The number of morpholine rings is 1. The van der Waals surface area contributed by atoms with E-state index in [0.29, 0.717) is 35.9 Å². The smallest absolute Gasteiger partial charge is 0.127 e. The summed E-state index contributed by atoms with van der Waals surface area (Å²) in [6.45, 7) is 4.50. The van der Waals surface area contributed by atoms with Crippen molar-refractivity contribution in [2.75, 3.05) is 50.2 Å². The Balaban J connectivity index is 1.54. The van der Waals surface area contributed by atoms with E-state index < -0.39 is 0 Å². The molecule has 0 aliphatic carbocycles. The first-order chi connectivity index (χ1) is 13.6. The minimum absolute atomic E-state index is 0.141. The van der Waals surface area contributed by atoms with Crippen LogP contribution < -0.4 is 15.4 Å². The minimum atomic E-state index is 0.141. The Bertz CT molecular complexity index is 838. The van der Waals surface area contributed by atoms with Gasteiger partial charge < -0.3 is 24.8 Å². The monoisotopic (exact) mass is 385 g/mol. The third-order valence-electron chi connectivity index (χ3n) is 5.21. The maximum atomic E-state index is 8.68. The molecule has 4 rings (SSSR count). The number of rotatable bonds is 5. The normalized spacial score (nSPS) is 18.2. The summed E-state index contributed by atoms with van der Waals surface area (Å²) in [5.41, 5.74) is 8.24. The number of hydrogen-bond donors (Lipinski definition) is 2. The molecule has 0 radical (unpaired) electrons. The highest BCUT2D eigenvalue weighted by atomic mass is 16.5. The standard InChI is InChI=1S/C20H27N5O3/c1-24-19(25-6-10-27-11-7-25)13-18(23-24)20(22)16-12-15(2-3-17(16)21)28-14-4-8-26-9-5-14/h2-3,12-14,22H,4-11,21H2,1H3. The molecule has 8 nitrogen and oxygen atoms in total. The molecule has 2 fully saturated rings. The van der Waals surface area contributed by atoms with Gasteiger partial charge in [-0.3, -0.25) is 10.1 Å². The summed E-state index contributed by atoms with van der Waals surface area (Å²) in [6.07, 6.45) is 1.89. The van der Waals surface area contributed by atoms with Crippen molar-refractivity contribution in [2.24, 2.45) is 7.05 Å². The molecule has 8 heteroatoms. The van der Waals surface area contributed by atoms with Crippen molar-refractivity contribution >= 4 is 17.2 Å². The molecule has 0 amide bonds. The lowest BCUT2D eigenvalue weighted by Crippen LogP contribution is -2.37. The van der Waals surface area contributed by atoms with Gasteiger partial charge in [-0.2, -0.15) is 5.10 Å². The SMILES string of the molecule is Cn1nc(C(=N)c2cc(OC3CCOCC3)ccc2N)cc1N1CCOCC1. The molecule has 2 aliphatic heterocycles. The van der Waals surface area contributed by atoms with Crippen LogP contribution in [0.1, 0.15) is 24.1 Å². The molecule has 0 unspecified atom stereocenters. The van der Waals surface area contributed by atoms with Gasteiger partial charge >= 0.3 is 0 Å². The van der Waals surface area contributed by atoms with Gasteiger partial charge in [0.05, 0.1) is 32.1 Å². The Morgan fingerprint density at radius 3 is 2.61 bits per heavy atom. The maximum absolute atomic E-state index is 8.68. The molecule has 3 heterocycles. The zero-order valence-corrected chi connectivity index (χ0v) is 16.2. The van der Waals surface area contributed by atoms with Gasteiger partial charge in [-0.05, 0) is 18.2 Å². The van der Waals surface area contributed by atoms with Crippen LogP contribution in [0.3, 0.4) is 0 Å². The van der Waals surface area contributed by atoms with Crippen molar-refractivity contribution in [3.05, 3.63) is 35.5 Å². The Hall–Kier alpha value is -2.58. The van der Waals surface area contributed by atoms with Crippen molar-refractivity contribution < 1.29 is 14.2 Å². The van der Waals surface area contributed by atoms with Crippen molar-refractivity contribution in [2.45, 2.75) is 18.9 Å². The highest BCUT2D eigenvalue weighted by Crippen LogP contribution is 2.26. The largest absolute Gasteiger partial charge is 0.490 e. The van der Waals surface area contributed by atoms with Gasteiger partial charge in [-0.1, -0.05) is 0 Å². The molecule has 2 aromatic rings. The van der Waals surface area contributed by atoms with Gasteiger partial charge in [0.2, 0.25) is 0 Å². The van der Waals surface area contributed by atoms with Crippen LogP contribution in [0, 0.1) is 5.41 Å². The lowest BCUT2D eigenvalue weighted by Gasteiger charge is -2.28. The third-order valence-corrected chi connectivity index (χ3v) is 5.21. The van der Waals surface area contributed by atoms with E-state index >= 15 is 0 Å². The third kappa shape index (κ3) is 3.98. The van der Waals surface area contributed by atoms with Crippen molar-refractivity contribution in [1.29, 1.82) is 5.41 Å².